The summed E-state index contributed by atoms with van der Waals surface area (Å²) >= 11 is 0. The van der Waals surface area contributed by atoms with Gasteiger partial charge in [0.05, 0.1) is 22.6 Å². The highest BCUT2D eigenvalue weighted by atomic mass is 19.1. The Morgan fingerprint density at radius 1 is 1.31 bits per heavy atom. The van der Waals surface area contributed by atoms with Crippen LogP contribution in [0.4, 0.5) is 10.1 Å². The number of benzene rings is 1. The summed E-state index contributed by atoms with van der Waals surface area (Å²) in [5.41, 5.74) is 6.92. The predicted octanol–water partition coefficient (Wildman–Crippen LogP) is 2.11. The second-order valence-corrected chi connectivity index (χ2v) is 7.33. The average molecular weight is 355 g/mol. The van der Waals surface area contributed by atoms with Crippen LogP contribution < -0.4 is 16.1 Å². The molecule has 7 heteroatoms. The Hall–Kier alpha value is -2.67. The van der Waals surface area contributed by atoms with Gasteiger partial charge in [-0.2, -0.15) is 0 Å². The maximum atomic E-state index is 15.0. The molecule has 3 aliphatic rings. The lowest BCUT2D eigenvalue weighted by Crippen LogP contribution is -2.40. The third-order valence-corrected chi connectivity index (χ3v) is 5.70. The molecule has 2 fully saturated rings. The number of pyridine rings is 1. The first-order valence-electron chi connectivity index (χ1n) is 8.82. The maximum absolute atomic E-state index is 15.0. The highest BCUT2D eigenvalue weighted by Gasteiger charge is 2.37. The molecule has 1 aromatic carbocycles. The van der Waals surface area contributed by atoms with Crippen LogP contribution in [0.25, 0.3) is 17.0 Å². The van der Waals surface area contributed by atoms with Crippen LogP contribution in [0.1, 0.15) is 41.2 Å². The molecule has 0 unspecified atom stereocenters. The van der Waals surface area contributed by atoms with Gasteiger partial charge in [0.25, 0.3) is 0 Å². The fourth-order valence-electron chi connectivity index (χ4n) is 4.29. The van der Waals surface area contributed by atoms with Crippen molar-refractivity contribution >= 4 is 28.6 Å². The number of hydrogen-bond donors (Lipinski definition) is 2. The summed E-state index contributed by atoms with van der Waals surface area (Å²) in [6.45, 7) is 0.659. The van der Waals surface area contributed by atoms with Gasteiger partial charge in [-0.3, -0.25) is 4.79 Å². The molecular weight excluding hydrogens is 337 g/mol. The SMILES string of the molecule is N[C@@H]1CCN2c3c(F)cc4c(=O)c(C(=O)O)cn(C5CC5)c4c3C=C[C@H]12. The van der Waals surface area contributed by atoms with E-state index in [1.165, 1.54) is 12.3 Å². The molecule has 1 aliphatic carbocycles. The molecule has 2 atom stereocenters. The van der Waals surface area contributed by atoms with E-state index in [0.29, 0.717) is 23.3 Å². The van der Waals surface area contributed by atoms with Crippen LogP contribution in [0.15, 0.2) is 23.1 Å². The van der Waals surface area contributed by atoms with Gasteiger partial charge in [0.2, 0.25) is 5.43 Å². The summed E-state index contributed by atoms with van der Waals surface area (Å²) < 4.78 is 16.9. The monoisotopic (exact) mass is 355 g/mol. The van der Waals surface area contributed by atoms with Crippen LogP contribution in [-0.2, 0) is 0 Å². The number of anilines is 1. The number of aromatic carboxylic acids is 1. The zero-order valence-corrected chi connectivity index (χ0v) is 14.0. The Kier molecular flexibility index (Phi) is 3.10. The standard InChI is InChI=1S/C19H18FN3O3/c20-13-7-11-16(10-3-4-15-14(21)5-6-22(15)17(10)13)23(9-1-2-9)8-12(18(11)24)19(25)26/h3-4,7-9,14-15H,1-2,5-6,21H2,(H,25,26)/t14-,15-/m1/s1. The molecule has 134 valence electrons. The highest BCUT2D eigenvalue weighted by molar-refractivity contribution is 5.99. The van der Waals surface area contributed by atoms with Crippen LogP contribution in [0, 0.1) is 5.82 Å². The minimum absolute atomic E-state index is 0.0468. The number of fused-ring (bicyclic) bond motifs is 5. The second-order valence-electron chi connectivity index (χ2n) is 7.33. The molecule has 0 amide bonds. The van der Waals surface area contributed by atoms with Crippen LogP contribution in [-0.4, -0.2) is 34.3 Å². The number of rotatable bonds is 2. The first-order valence-corrected chi connectivity index (χ1v) is 8.82. The van der Waals surface area contributed by atoms with Gasteiger partial charge in [0.1, 0.15) is 11.4 Å². The Balaban J connectivity index is 1.88. The molecule has 0 radical (unpaired) electrons. The highest BCUT2D eigenvalue weighted by Crippen LogP contribution is 2.43. The predicted molar refractivity (Wildman–Crippen MR) is 96.2 cm³/mol. The van der Waals surface area contributed by atoms with Crippen molar-refractivity contribution in [3.05, 3.63) is 45.5 Å². The molecule has 3 heterocycles. The number of hydrogen-bond acceptors (Lipinski definition) is 4. The van der Waals surface area contributed by atoms with Crippen molar-refractivity contribution < 1.29 is 14.3 Å². The summed E-state index contributed by atoms with van der Waals surface area (Å²) in [5, 5.41) is 9.49. The molecule has 3 N–H and O–H groups in total. The number of carbonyl (C=O) groups is 1. The fourth-order valence-corrected chi connectivity index (χ4v) is 4.29. The molecule has 1 saturated carbocycles. The van der Waals surface area contributed by atoms with Crippen molar-refractivity contribution in [1.29, 1.82) is 0 Å². The zero-order valence-electron chi connectivity index (χ0n) is 14.0. The maximum Gasteiger partial charge on any atom is 0.341 e. The van der Waals surface area contributed by atoms with Gasteiger partial charge in [0, 0.05) is 30.4 Å². The van der Waals surface area contributed by atoms with Gasteiger partial charge in [-0.15, -0.1) is 0 Å². The topological polar surface area (TPSA) is 88.6 Å². The number of aromatic nitrogens is 1. The molecular formula is C19H18FN3O3. The van der Waals surface area contributed by atoms with Gasteiger partial charge < -0.3 is 20.3 Å². The van der Waals surface area contributed by atoms with E-state index in [9.17, 15) is 14.7 Å². The quantitative estimate of drug-likeness (QED) is 0.861. The first-order chi connectivity index (χ1) is 12.5. The van der Waals surface area contributed by atoms with Crippen molar-refractivity contribution in [3.8, 4) is 0 Å². The van der Waals surface area contributed by atoms with Crippen molar-refractivity contribution in [2.75, 3.05) is 11.4 Å². The summed E-state index contributed by atoms with van der Waals surface area (Å²) in [5.74, 6) is -1.79. The zero-order chi connectivity index (χ0) is 18.2. The summed E-state index contributed by atoms with van der Waals surface area (Å²) in [6, 6.07) is 1.25. The smallest absolute Gasteiger partial charge is 0.341 e. The van der Waals surface area contributed by atoms with Crippen LogP contribution in [0.2, 0.25) is 0 Å². The van der Waals surface area contributed by atoms with Crippen molar-refractivity contribution in [3.63, 3.8) is 0 Å². The number of nitrogens with zero attached hydrogens (tertiary/aromatic N) is 2. The van der Waals surface area contributed by atoms with Gasteiger partial charge >= 0.3 is 5.97 Å². The lowest BCUT2D eigenvalue weighted by atomic mass is 9.97. The van der Waals surface area contributed by atoms with E-state index in [4.69, 9.17) is 5.73 Å². The van der Waals surface area contributed by atoms with E-state index in [2.05, 4.69) is 0 Å². The van der Waals surface area contributed by atoms with Gasteiger partial charge in [-0.1, -0.05) is 12.2 Å². The minimum atomic E-state index is -1.29. The molecule has 6 nitrogen and oxygen atoms in total. The summed E-state index contributed by atoms with van der Waals surface area (Å²) in [7, 11) is 0. The third kappa shape index (κ3) is 2.00. The molecule has 0 bridgehead atoms. The molecule has 26 heavy (non-hydrogen) atoms. The number of carboxylic acid groups (broad SMARTS) is 1. The minimum Gasteiger partial charge on any atom is -0.477 e. The van der Waals surface area contributed by atoms with Crippen molar-refractivity contribution in [2.45, 2.75) is 37.4 Å². The normalized spacial score (nSPS) is 24.0. The van der Waals surface area contributed by atoms with Crippen molar-refractivity contribution in [1.82, 2.24) is 4.57 Å². The van der Waals surface area contributed by atoms with Gasteiger partial charge in [0.15, 0.2) is 0 Å². The Morgan fingerprint density at radius 2 is 2.08 bits per heavy atom. The summed E-state index contributed by atoms with van der Waals surface area (Å²) in [4.78, 5) is 26.1. The average Bonchev–Trinajstić information content (AvgIpc) is 3.38. The van der Waals surface area contributed by atoms with Gasteiger partial charge in [-0.05, 0) is 25.3 Å². The lowest BCUT2D eigenvalue weighted by molar-refractivity contribution is 0.0695. The number of halogens is 1. The van der Waals surface area contributed by atoms with E-state index in [-0.39, 0.29) is 29.1 Å². The van der Waals surface area contributed by atoms with E-state index >= 15 is 4.39 Å². The molecule has 2 aromatic rings. The molecule has 5 rings (SSSR count). The summed E-state index contributed by atoms with van der Waals surface area (Å²) in [6.07, 6.45) is 7.84. The molecule has 1 saturated heterocycles. The van der Waals surface area contributed by atoms with Gasteiger partial charge in [-0.25, -0.2) is 9.18 Å². The Labute approximate surface area is 148 Å². The fraction of sp³-hybridized carbons (Fsp3) is 0.368. The Bertz CT molecular complexity index is 1050. The molecule has 2 aliphatic heterocycles. The number of carboxylic acids is 1. The molecule has 0 spiro atoms. The largest absolute Gasteiger partial charge is 0.477 e. The van der Waals surface area contributed by atoms with E-state index in [0.717, 1.165) is 19.3 Å². The van der Waals surface area contributed by atoms with Crippen LogP contribution in [0.3, 0.4) is 0 Å². The van der Waals surface area contributed by atoms with Crippen molar-refractivity contribution in [2.24, 2.45) is 5.73 Å². The van der Waals surface area contributed by atoms with E-state index < -0.39 is 17.2 Å². The lowest BCUT2D eigenvalue weighted by Gasteiger charge is -2.32. The third-order valence-electron chi connectivity index (χ3n) is 5.70. The second kappa shape index (κ2) is 5.17. The van der Waals surface area contributed by atoms with Crippen LogP contribution >= 0.6 is 0 Å². The molecule has 1 aromatic heterocycles. The Morgan fingerprint density at radius 3 is 2.77 bits per heavy atom. The van der Waals surface area contributed by atoms with Crippen LogP contribution in [0.5, 0.6) is 0 Å². The number of nitrogens with two attached hydrogens (primary N) is 1. The van der Waals surface area contributed by atoms with E-state index in [1.807, 2.05) is 21.6 Å². The van der Waals surface area contributed by atoms with E-state index in [1.54, 1.807) is 0 Å². The first kappa shape index (κ1) is 15.6.